The van der Waals surface area contributed by atoms with E-state index >= 15 is 0 Å². The fourth-order valence-corrected chi connectivity index (χ4v) is 2.83. The van der Waals surface area contributed by atoms with E-state index < -0.39 is 0 Å². The van der Waals surface area contributed by atoms with Crippen molar-refractivity contribution < 1.29 is 0 Å². The average Bonchev–Trinajstić information content (AvgIpc) is 3.25. The molecule has 0 aliphatic heterocycles. The maximum absolute atomic E-state index is 4.63. The molecule has 0 saturated heterocycles. The van der Waals surface area contributed by atoms with Crippen molar-refractivity contribution >= 4 is 0 Å². The first kappa shape index (κ1) is 15.3. The van der Waals surface area contributed by atoms with Crippen molar-refractivity contribution in [3.05, 3.63) is 78.1 Å². The number of hydrogen-bond donors (Lipinski definition) is 0. The van der Waals surface area contributed by atoms with Crippen LogP contribution in [0.2, 0.25) is 0 Å². The molecule has 3 aromatic heterocycles. The molecule has 6 heteroatoms. The summed E-state index contributed by atoms with van der Waals surface area (Å²) in [6.45, 7) is 4.60. The minimum absolute atomic E-state index is 0.725. The number of pyridine rings is 1. The molecule has 0 amide bonds. The van der Waals surface area contributed by atoms with Crippen LogP contribution in [-0.2, 0) is 6.54 Å². The summed E-state index contributed by atoms with van der Waals surface area (Å²) >= 11 is 0. The average molecular weight is 330 g/mol. The van der Waals surface area contributed by atoms with Crippen LogP contribution in [0.1, 0.15) is 17.1 Å². The standard InChI is InChI=1S/C19H18N6/c1-14-11-18(7-9-20-14)25-19(22-15(2)23-25)17-6-3-5-16(12-17)13-24-10-4-8-21-24/h3-12H,13H2,1-2H3. The Morgan fingerprint density at radius 1 is 1.00 bits per heavy atom. The summed E-state index contributed by atoms with van der Waals surface area (Å²) in [5.74, 6) is 1.56. The zero-order valence-corrected chi connectivity index (χ0v) is 14.2. The highest BCUT2D eigenvalue weighted by Gasteiger charge is 2.12. The Hall–Kier alpha value is -3.28. The normalized spacial score (nSPS) is 11.0. The predicted molar refractivity (Wildman–Crippen MR) is 95.4 cm³/mol. The molecular formula is C19H18N6. The van der Waals surface area contributed by atoms with Crippen LogP contribution in [0, 0.1) is 13.8 Å². The maximum Gasteiger partial charge on any atom is 0.163 e. The molecule has 1 aromatic carbocycles. The first-order valence-electron chi connectivity index (χ1n) is 8.12. The molecular weight excluding hydrogens is 312 g/mol. The number of aromatic nitrogens is 6. The van der Waals surface area contributed by atoms with Gasteiger partial charge < -0.3 is 0 Å². The second-order valence-electron chi connectivity index (χ2n) is 5.95. The molecule has 3 heterocycles. The summed E-state index contributed by atoms with van der Waals surface area (Å²) < 4.78 is 3.78. The van der Waals surface area contributed by atoms with Crippen LogP contribution < -0.4 is 0 Å². The van der Waals surface area contributed by atoms with Crippen LogP contribution >= 0.6 is 0 Å². The first-order chi connectivity index (χ1) is 12.2. The van der Waals surface area contributed by atoms with E-state index in [0.717, 1.165) is 35.1 Å². The predicted octanol–water partition coefficient (Wildman–Crippen LogP) is 3.19. The van der Waals surface area contributed by atoms with Gasteiger partial charge in [-0.05, 0) is 43.7 Å². The molecule has 0 aliphatic carbocycles. The molecule has 124 valence electrons. The molecule has 0 atom stereocenters. The highest BCUT2D eigenvalue weighted by atomic mass is 15.3. The summed E-state index contributed by atoms with van der Waals surface area (Å²) in [6.07, 6.45) is 5.54. The third kappa shape index (κ3) is 3.19. The lowest BCUT2D eigenvalue weighted by Crippen LogP contribution is -2.02. The minimum atomic E-state index is 0.725. The fraction of sp³-hybridized carbons (Fsp3) is 0.158. The summed E-state index contributed by atoms with van der Waals surface area (Å²) in [4.78, 5) is 8.89. The topological polar surface area (TPSA) is 61.4 Å². The van der Waals surface area contributed by atoms with Gasteiger partial charge in [0.1, 0.15) is 5.82 Å². The Morgan fingerprint density at radius 2 is 1.92 bits per heavy atom. The summed E-state index contributed by atoms with van der Waals surface area (Å²) in [7, 11) is 0. The van der Waals surface area contributed by atoms with Gasteiger partial charge in [-0.25, -0.2) is 9.67 Å². The van der Waals surface area contributed by atoms with Crippen molar-refractivity contribution in [2.75, 3.05) is 0 Å². The molecule has 0 fully saturated rings. The van der Waals surface area contributed by atoms with Gasteiger partial charge in [0.25, 0.3) is 0 Å². The lowest BCUT2D eigenvalue weighted by atomic mass is 10.1. The van der Waals surface area contributed by atoms with E-state index in [0.29, 0.717) is 0 Å². The molecule has 0 spiro atoms. The molecule has 6 nitrogen and oxygen atoms in total. The lowest BCUT2D eigenvalue weighted by Gasteiger charge is -2.08. The number of hydrogen-bond acceptors (Lipinski definition) is 4. The Morgan fingerprint density at radius 3 is 2.72 bits per heavy atom. The Balaban J connectivity index is 1.75. The summed E-state index contributed by atoms with van der Waals surface area (Å²) in [6, 6.07) is 14.2. The summed E-state index contributed by atoms with van der Waals surface area (Å²) in [5, 5.41) is 8.83. The third-order valence-corrected chi connectivity index (χ3v) is 3.93. The highest BCUT2D eigenvalue weighted by molar-refractivity contribution is 5.59. The van der Waals surface area contributed by atoms with E-state index in [1.165, 1.54) is 5.56 Å². The molecule has 0 unspecified atom stereocenters. The Labute approximate surface area is 145 Å². The van der Waals surface area contributed by atoms with E-state index in [-0.39, 0.29) is 0 Å². The molecule has 0 aliphatic rings. The van der Waals surface area contributed by atoms with Crippen molar-refractivity contribution in [2.24, 2.45) is 0 Å². The maximum atomic E-state index is 4.63. The van der Waals surface area contributed by atoms with E-state index in [9.17, 15) is 0 Å². The number of aryl methyl sites for hydroxylation is 2. The second-order valence-corrected chi connectivity index (χ2v) is 5.95. The van der Waals surface area contributed by atoms with E-state index in [2.05, 4.69) is 38.4 Å². The first-order valence-corrected chi connectivity index (χ1v) is 8.12. The molecule has 25 heavy (non-hydrogen) atoms. The highest BCUT2D eigenvalue weighted by Crippen LogP contribution is 2.22. The Kier molecular flexibility index (Phi) is 3.85. The van der Waals surface area contributed by atoms with Gasteiger partial charge in [0.2, 0.25) is 0 Å². The Bertz CT molecular complexity index is 1000. The van der Waals surface area contributed by atoms with Gasteiger partial charge in [0.15, 0.2) is 5.82 Å². The van der Waals surface area contributed by atoms with Gasteiger partial charge >= 0.3 is 0 Å². The fourth-order valence-electron chi connectivity index (χ4n) is 2.83. The van der Waals surface area contributed by atoms with Crippen molar-refractivity contribution in [3.8, 4) is 17.1 Å². The van der Waals surface area contributed by atoms with Crippen LogP contribution in [0.15, 0.2) is 61.1 Å². The van der Waals surface area contributed by atoms with Crippen molar-refractivity contribution in [1.29, 1.82) is 0 Å². The van der Waals surface area contributed by atoms with Crippen LogP contribution in [0.4, 0.5) is 0 Å². The summed E-state index contributed by atoms with van der Waals surface area (Å²) in [5.41, 5.74) is 4.10. The number of rotatable bonds is 4. The van der Waals surface area contributed by atoms with E-state index in [4.69, 9.17) is 0 Å². The van der Waals surface area contributed by atoms with Crippen LogP contribution in [-0.4, -0.2) is 29.5 Å². The van der Waals surface area contributed by atoms with Crippen molar-refractivity contribution in [3.63, 3.8) is 0 Å². The van der Waals surface area contributed by atoms with E-state index in [1.807, 2.05) is 53.7 Å². The molecule has 0 N–H and O–H groups in total. The van der Waals surface area contributed by atoms with Gasteiger partial charge in [0, 0.05) is 29.8 Å². The largest absolute Gasteiger partial charge is 0.268 e. The third-order valence-electron chi connectivity index (χ3n) is 3.93. The number of nitrogens with zero attached hydrogens (tertiary/aromatic N) is 6. The van der Waals surface area contributed by atoms with Gasteiger partial charge in [-0.2, -0.15) is 10.2 Å². The second kappa shape index (κ2) is 6.32. The lowest BCUT2D eigenvalue weighted by molar-refractivity contribution is 0.687. The van der Waals surface area contributed by atoms with Crippen molar-refractivity contribution in [1.82, 2.24) is 29.5 Å². The zero-order chi connectivity index (χ0) is 17.2. The molecule has 0 bridgehead atoms. The van der Waals surface area contributed by atoms with Crippen LogP contribution in [0.5, 0.6) is 0 Å². The van der Waals surface area contributed by atoms with Gasteiger partial charge in [-0.3, -0.25) is 9.67 Å². The molecule has 4 aromatic rings. The molecule has 4 rings (SSSR count). The van der Waals surface area contributed by atoms with Crippen LogP contribution in [0.3, 0.4) is 0 Å². The van der Waals surface area contributed by atoms with Gasteiger partial charge in [0.05, 0.1) is 12.2 Å². The minimum Gasteiger partial charge on any atom is -0.268 e. The monoisotopic (exact) mass is 330 g/mol. The van der Waals surface area contributed by atoms with Gasteiger partial charge in [-0.1, -0.05) is 18.2 Å². The van der Waals surface area contributed by atoms with E-state index in [1.54, 1.807) is 12.4 Å². The smallest absolute Gasteiger partial charge is 0.163 e. The quantitative estimate of drug-likeness (QED) is 0.576. The molecule has 0 saturated carbocycles. The van der Waals surface area contributed by atoms with Crippen molar-refractivity contribution in [2.45, 2.75) is 20.4 Å². The van der Waals surface area contributed by atoms with Gasteiger partial charge in [-0.15, -0.1) is 0 Å². The number of benzene rings is 1. The SMILES string of the molecule is Cc1cc(-n2nc(C)nc2-c2cccc(Cn3cccn3)c2)ccn1. The zero-order valence-electron chi connectivity index (χ0n) is 14.2. The van der Waals surface area contributed by atoms with Crippen LogP contribution in [0.25, 0.3) is 17.1 Å². The molecule has 0 radical (unpaired) electrons.